The van der Waals surface area contributed by atoms with E-state index >= 15 is 0 Å². The molecular weight excluding hydrogens is 310 g/mol. The van der Waals surface area contributed by atoms with Crippen molar-refractivity contribution >= 4 is 11.0 Å². The number of benzene rings is 1. The Morgan fingerprint density at radius 1 is 1.16 bits per heavy atom. The first-order valence-electron chi connectivity index (χ1n) is 9.68. The molecule has 0 aliphatic carbocycles. The van der Waals surface area contributed by atoms with Crippen LogP contribution in [0.2, 0.25) is 0 Å². The van der Waals surface area contributed by atoms with Gasteiger partial charge in [-0.05, 0) is 44.4 Å². The number of hydrogen-bond donors (Lipinski definition) is 1. The van der Waals surface area contributed by atoms with Crippen molar-refractivity contribution in [2.24, 2.45) is 0 Å². The van der Waals surface area contributed by atoms with Gasteiger partial charge < -0.3 is 9.84 Å². The van der Waals surface area contributed by atoms with Crippen molar-refractivity contribution in [3.63, 3.8) is 0 Å². The van der Waals surface area contributed by atoms with Crippen molar-refractivity contribution in [3.8, 4) is 0 Å². The molecule has 3 rings (SSSR count). The maximum atomic E-state index is 5.61. The lowest BCUT2D eigenvalue weighted by atomic mass is 9.82. The Labute approximate surface area is 151 Å². The predicted octanol–water partition coefficient (Wildman–Crippen LogP) is 4.13. The van der Waals surface area contributed by atoms with Crippen molar-refractivity contribution in [3.05, 3.63) is 29.5 Å². The molecule has 1 aromatic heterocycles. The molecule has 1 saturated heterocycles. The highest BCUT2D eigenvalue weighted by Gasteiger charge is 2.29. The molecule has 138 valence electrons. The van der Waals surface area contributed by atoms with Gasteiger partial charge in [-0.25, -0.2) is 0 Å². The molecule has 1 aromatic carbocycles. The topological polar surface area (TPSA) is 41.3 Å². The summed E-state index contributed by atoms with van der Waals surface area (Å²) in [4.78, 5) is 2.60. The highest BCUT2D eigenvalue weighted by atomic mass is 16.5. The molecule has 1 aliphatic heterocycles. The molecule has 2 heterocycles. The van der Waals surface area contributed by atoms with E-state index in [4.69, 9.17) is 4.52 Å². The molecule has 25 heavy (non-hydrogen) atoms. The summed E-state index contributed by atoms with van der Waals surface area (Å²) in [6, 6.07) is 6.60. The molecule has 0 bridgehead atoms. The van der Waals surface area contributed by atoms with Gasteiger partial charge in [-0.3, -0.25) is 4.90 Å². The minimum absolute atomic E-state index is 0.0483. The summed E-state index contributed by atoms with van der Waals surface area (Å²) in [6.07, 6.45) is 3.31. The van der Waals surface area contributed by atoms with Crippen molar-refractivity contribution in [1.29, 1.82) is 0 Å². The number of aromatic nitrogens is 1. The van der Waals surface area contributed by atoms with Gasteiger partial charge >= 0.3 is 0 Å². The van der Waals surface area contributed by atoms with Gasteiger partial charge in [-0.15, -0.1) is 0 Å². The third kappa shape index (κ3) is 3.90. The molecule has 0 saturated carbocycles. The maximum Gasteiger partial charge on any atom is 0.167 e. The summed E-state index contributed by atoms with van der Waals surface area (Å²) in [5.41, 5.74) is 3.58. The van der Waals surface area contributed by atoms with Crippen LogP contribution in [0.15, 0.2) is 22.7 Å². The minimum atomic E-state index is 0.0483. The predicted molar refractivity (Wildman–Crippen MR) is 104 cm³/mol. The quantitative estimate of drug-likeness (QED) is 0.856. The van der Waals surface area contributed by atoms with Crippen LogP contribution in [0.5, 0.6) is 0 Å². The van der Waals surface area contributed by atoms with E-state index in [2.05, 4.69) is 68.2 Å². The van der Waals surface area contributed by atoms with E-state index in [-0.39, 0.29) is 11.0 Å². The molecule has 4 nitrogen and oxygen atoms in total. The lowest BCUT2D eigenvalue weighted by Gasteiger charge is -2.41. The second-order valence-electron chi connectivity index (χ2n) is 8.72. The van der Waals surface area contributed by atoms with Crippen LogP contribution in [0.1, 0.15) is 58.7 Å². The highest BCUT2D eigenvalue weighted by Crippen LogP contribution is 2.34. The summed E-state index contributed by atoms with van der Waals surface area (Å²) in [6.45, 7) is 15.9. The van der Waals surface area contributed by atoms with Crippen LogP contribution >= 0.6 is 0 Å². The Hall–Kier alpha value is -1.39. The van der Waals surface area contributed by atoms with Gasteiger partial charge in [0.05, 0.1) is 5.69 Å². The second-order valence-corrected chi connectivity index (χ2v) is 8.72. The van der Waals surface area contributed by atoms with E-state index in [0.29, 0.717) is 0 Å². The van der Waals surface area contributed by atoms with E-state index in [1.807, 2.05) is 0 Å². The fraction of sp³-hybridized carbons (Fsp3) is 0.667. The standard InChI is InChI=1S/C21H33N3O/c1-6-9-20(2,3)19-17-14-16(7-8-18(17)25-23-19)15-21(4,5)24-12-10-22-11-13-24/h7-8,14,22H,6,9-13,15H2,1-5H3. The Kier molecular flexibility index (Phi) is 5.21. The first-order chi connectivity index (χ1) is 11.8. The minimum Gasteiger partial charge on any atom is -0.356 e. The van der Waals surface area contributed by atoms with Crippen molar-refractivity contribution < 1.29 is 4.52 Å². The molecule has 0 atom stereocenters. The summed E-state index contributed by atoms with van der Waals surface area (Å²) < 4.78 is 5.61. The smallest absolute Gasteiger partial charge is 0.167 e. The maximum absolute atomic E-state index is 5.61. The van der Waals surface area contributed by atoms with E-state index < -0.39 is 0 Å². The van der Waals surface area contributed by atoms with Gasteiger partial charge in [0.25, 0.3) is 0 Å². The third-order valence-electron chi connectivity index (χ3n) is 5.66. The molecule has 2 aromatic rings. The lowest BCUT2D eigenvalue weighted by molar-refractivity contribution is 0.104. The Bertz CT molecular complexity index is 711. The first-order valence-corrected chi connectivity index (χ1v) is 9.68. The number of piperazine rings is 1. The number of hydrogen-bond acceptors (Lipinski definition) is 4. The first kappa shape index (κ1) is 18.4. The Morgan fingerprint density at radius 2 is 1.88 bits per heavy atom. The molecule has 0 spiro atoms. The monoisotopic (exact) mass is 343 g/mol. The molecule has 0 radical (unpaired) electrons. The SMILES string of the molecule is CCCC(C)(C)c1noc2ccc(CC(C)(C)N3CCNCC3)cc12. The zero-order valence-corrected chi connectivity index (χ0v) is 16.5. The van der Waals surface area contributed by atoms with Crippen LogP contribution in [-0.4, -0.2) is 41.8 Å². The zero-order chi connectivity index (χ0) is 18.1. The van der Waals surface area contributed by atoms with Crippen LogP contribution < -0.4 is 5.32 Å². The average Bonchev–Trinajstić information content (AvgIpc) is 2.99. The number of nitrogens with one attached hydrogen (secondary N) is 1. The summed E-state index contributed by atoms with van der Waals surface area (Å²) in [7, 11) is 0. The summed E-state index contributed by atoms with van der Waals surface area (Å²) in [5, 5.41) is 9.05. The van der Waals surface area contributed by atoms with Gasteiger partial charge in [0.2, 0.25) is 0 Å². The normalized spacial score (nSPS) is 17.3. The molecule has 4 heteroatoms. The highest BCUT2D eigenvalue weighted by molar-refractivity contribution is 5.81. The van der Waals surface area contributed by atoms with Gasteiger partial charge in [0, 0.05) is 42.5 Å². The number of fused-ring (bicyclic) bond motifs is 1. The van der Waals surface area contributed by atoms with Crippen LogP contribution in [0.25, 0.3) is 11.0 Å². The van der Waals surface area contributed by atoms with E-state index in [9.17, 15) is 0 Å². The van der Waals surface area contributed by atoms with Crippen LogP contribution in [0, 0.1) is 0 Å². The van der Waals surface area contributed by atoms with Gasteiger partial charge in [-0.1, -0.05) is 38.4 Å². The molecule has 1 aliphatic rings. The molecule has 0 unspecified atom stereocenters. The van der Waals surface area contributed by atoms with E-state index in [1.54, 1.807) is 0 Å². The van der Waals surface area contributed by atoms with Gasteiger partial charge in [0.15, 0.2) is 5.58 Å². The van der Waals surface area contributed by atoms with Gasteiger partial charge in [-0.2, -0.15) is 0 Å². The van der Waals surface area contributed by atoms with Crippen LogP contribution in [-0.2, 0) is 11.8 Å². The third-order valence-corrected chi connectivity index (χ3v) is 5.66. The molecular formula is C21H33N3O. The van der Waals surface area contributed by atoms with E-state index in [0.717, 1.165) is 56.7 Å². The lowest BCUT2D eigenvalue weighted by Crippen LogP contribution is -2.54. The molecule has 1 N–H and O–H groups in total. The van der Waals surface area contributed by atoms with E-state index in [1.165, 1.54) is 10.9 Å². The fourth-order valence-electron chi connectivity index (χ4n) is 4.21. The average molecular weight is 344 g/mol. The van der Waals surface area contributed by atoms with Crippen LogP contribution in [0.4, 0.5) is 0 Å². The molecule has 0 amide bonds. The van der Waals surface area contributed by atoms with Gasteiger partial charge in [0.1, 0.15) is 0 Å². The number of rotatable bonds is 6. The number of nitrogens with zero attached hydrogens (tertiary/aromatic N) is 2. The summed E-state index contributed by atoms with van der Waals surface area (Å²) in [5.74, 6) is 0. The summed E-state index contributed by atoms with van der Waals surface area (Å²) >= 11 is 0. The Balaban J connectivity index is 1.87. The Morgan fingerprint density at radius 3 is 2.56 bits per heavy atom. The largest absolute Gasteiger partial charge is 0.356 e. The second kappa shape index (κ2) is 7.08. The fourth-order valence-corrected chi connectivity index (χ4v) is 4.21. The zero-order valence-electron chi connectivity index (χ0n) is 16.5. The van der Waals surface area contributed by atoms with Crippen molar-refractivity contribution in [1.82, 2.24) is 15.4 Å². The van der Waals surface area contributed by atoms with Crippen molar-refractivity contribution in [2.45, 2.75) is 64.8 Å². The van der Waals surface area contributed by atoms with Crippen LogP contribution in [0.3, 0.4) is 0 Å². The van der Waals surface area contributed by atoms with Crippen molar-refractivity contribution in [2.75, 3.05) is 26.2 Å². The molecule has 1 fully saturated rings.